The Morgan fingerprint density at radius 3 is 2.58 bits per heavy atom. The summed E-state index contributed by atoms with van der Waals surface area (Å²) in [5.41, 5.74) is 1.96. The molecule has 0 unspecified atom stereocenters. The van der Waals surface area contributed by atoms with E-state index in [0.717, 1.165) is 0 Å². The lowest BCUT2D eigenvalue weighted by Crippen LogP contribution is -2.31. The van der Waals surface area contributed by atoms with Crippen LogP contribution in [0.5, 0.6) is 5.75 Å². The highest BCUT2D eigenvalue weighted by atomic mass is 19.1. The number of aryl methyl sites for hydroxylation is 1. The van der Waals surface area contributed by atoms with E-state index < -0.39 is 11.8 Å². The number of likely N-dealkylation sites (N-methyl/N-ethyl adjacent to an activating group) is 1. The minimum Gasteiger partial charge on any atom is -0.489 e. The zero-order valence-electron chi connectivity index (χ0n) is 15.4. The number of amides is 1. The molecule has 1 N–H and O–H groups in total. The van der Waals surface area contributed by atoms with Crippen molar-refractivity contribution in [2.45, 2.75) is 20.3 Å². The van der Waals surface area contributed by atoms with Crippen LogP contribution in [-0.4, -0.2) is 49.1 Å². The molecule has 1 heterocycles. The Balaban J connectivity index is 2.07. The molecule has 1 aromatic heterocycles. The van der Waals surface area contributed by atoms with Gasteiger partial charge in [0, 0.05) is 12.7 Å². The Hall–Kier alpha value is -2.83. The fraction of sp³-hybridized carbons (Fsp3) is 0.368. The highest BCUT2D eigenvalue weighted by molar-refractivity contribution is 6.00. The number of H-pyrrole nitrogens is 1. The normalized spacial score (nSPS) is 10.5. The maximum Gasteiger partial charge on any atom is 0.339 e. The van der Waals surface area contributed by atoms with Gasteiger partial charge in [-0.25, -0.2) is 9.18 Å². The van der Waals surface area contributed by atoms with Crippen LogP contribution in [-0.2, 0) is 11.2 Å². The molecule has 0 aliphatic rings. The van der Waals surface area contributed by atoms with E-state index in [4.69, 9.17) is 9.47 Å². The van der Waals surface area contributed by atoms with Crippen molar-refractivity contribution in [1.82, 2.24) is 9.88 Å². The molecule has 0 atom stereocenters. The number of carbonyl (C=O) groups is 2. The van der Waals surface area contributed by atoms with E-state index in [1.807, 2.05) is 6.92 Å². The molecular formula is C19H23FN2O4. The summed E-state index contributed by atoms with van der Waals surface area (Å²) >= 11 is 0. The third-order valence-corrected chi connectivity index (χ3v) is 4.15. The average molecular weight is 362 g/mol. The Kier molecular flexibility index (Phi) is 6.38. The molecule has 2 aromatic rings. The van der Waals surface area contributed by atoms with Crippen LogP contribution in [0.25, 0.3) is 0 Å². The highest BCUT2D eigenvalue weighted by Crippen LogP contribution is 2.21. The van der Waals surface area contributed by atoms with E-state index in [2.05, 4.69) is 4.98 Å². The molecule has 0 saturated carbocycles. The molecule has 0 spiro atoms. The van der Waals surface area contributed by atoms with Gasteiger partial charge in [0.2, 0.25) is 0 Å². The molecule has 1 aromatic carbocycles. The van der Waals surface area contributed by atoms with Crippen LogP contribution in [0.15, 0.2) is 24.3 Å². The minimum absolute atomic E-state index is 0.144. The van der Waals surface area contributed by atoms with Crippen molar-refractivity contribution in [2.75, 3.05) is 27.3 Å². The topological polar surface area (TPSA) is 71.6 Å². The first-order valence-electron chi connectivity index (χ1n) is 8.33. The summed E-state index contributed by atoms with van der Waals surface area (Å²) in [5, 5.41) is 0. The zero-order valence-corrected chi connectivity index (χ0v) is 15.4. The van der Waals surface area contributed by atoms with E-state index >= 15 is 0 Å². The second-order valence-corrected chi connectivity index (χ2v) is 5.83. The summed E-state index contributed by atoms with van der Waals surface area (Å²) in [6.45, 7) is 4.00. The van der Waals surface area contributed by atoms with Gasteiger partial charge in [0.15, 0.2) is 11.6 Å². The predicted molar refractivity (Wildman–Crippen MR) is 95.1 cm³/mol. The van der Waals surface area contributed by atoms with E-state index in [1.165, 1.54) is 24.1 Å². The fourth-order valence-electron chi connectivity index (χ4n) is 2.66. The summed E-state index contributed by atoms with van der Waals surface area (Å²) in [6, 6.07) is 6.10. The molecule has 1 amide bonds. The van der Waals surface area contributed by atoms with Crippen LogP contribution < -0.4 is 4.74 Å². The number of esters is 1. The molecule has 26 heavy (non-hydrogen) atoms. The minimum atomic E-state index is -0.472. The number of rotatable bonds is 7. The van der Waals surface area contributed by atoms with Crippen LogP contribution in [0, 0.1) is 12.7 Å². The first-order chi connectivity index (χ1) is 12.4. The molecule has 0 aliphatic heterocycles. The molecule has 0 fully saturated rings. The number of nitrogens with one attached hydrogen (secondary N) is 1. The summed E-state index contributed by atoms with van der Waals surface area (Å²) in [5.74, 6) is -1.05. The van der Waals surface area contributed by atoms with E-state index in [9.17, 15) is 14.0 Å². The second-order valence-electron chi connectivity index (χ2n) is 5.83. The van der Waals surface area contributed by atoms with Crippen molar-refractivity contribution in [3.05, 3.63) is 52.6 Å². The van der Waals surface area contributed by atoms with Crippen molar-refractivity contribution in [3.8, 4) is 5.75 Å². The van der Waals surface area contributed by atoms with Gasteiger partial charge in [0.1, 0.15) is 12.3 Å². The fourth-order valence-corrected chi connectivity index (χ4v) is 2.66. The van der Waals surface area contributed by atoms with E-state index in [1.54, 1.807) is 26.1 Å². The smallest absolute Gasteiger partial charge is 0.339 e. The number of ether oxygens (including phenoxy) is 2. The van der Waals surface area contributed by atoms with Gasteiger partial charge in [-0.15, -0.1) is 0 Å². The number of aromatic amines is 1. The van der Waals surface area contributed by atoms with Crippen molar-refractivity contribution in [2.24, 2.45) is 0 Å². The summed E-state index contributed by atoms with van der Waals surface area (Å²) in [4.78, 5) is 29.1. The zero-order chi connectivity index (χ0) is 19.3. The van der Waals surface area contributed by atoms with Crippen LogP contribution in [0.2, 0.25) is 0 Å². The van der Waals surface area contributed by atoms with Gasteiger partial charge in [0.05, 0.1) is 19.2 Å². The Morgan fingerprint density at radius 1 is 1.27 bits per heavy atom. The lowest BCUT2D eigenvalue weighted by Gasteiger charge is -2.17. The van der Waals surface area contributed by atoms with E-state index in [0.29, 0.717) is 28.9 Å². The molecule has 0 saturated heterocycles. The SMILES string of the molecule is CCc1[nH]c(C(=O)N(C)CCOc2ccccc2F)c(C)c1C(=O)OC. The monoisotopic (exact) mass is 362 g/mol. The number of methoxy groups -OCH3 is 1. The molecule has 2 rings (SSSR count). The number of nitrogens with zero attached hydrogens (tertiary/aromatic N) is 1. The Bertz CT molecular complexity index is 801. The standard InChI is InChI=1S/C19H23FN2O4/c1-5-14-16(19(24)25-4)12(2)17(21-14)18(23)22(3)10-11-26-15-9-7-6-8-13(15)20/h6-9,21H,5,10-11H2,1-4H3. The predicted octanol–water partition coefficient (Wildman–Crippen LogP) is 2.96. The third-order valence-electron chi connectivity index (χ3n) is 4.15. The van der Waals surface area contributed by atoms with Gasteiger partial charge in [-0.05, 0) is 31.0 Å². The first-order valence-corrected chi connectivity index (χ1v) is 8.33. The van der Waals surface area contributed by atoms with Crippen molar-refractivity contribution in [3.63, 3.8) is 0 Å². The average Bonchev–Trinajstić information content (AvgIpc) is 2.98. The quantitative estimate of drug-likeness (QED) is 0.769. The Morgan fingerprint density at radius 2 is 1.96 bits per heavy atom. The lowest BCUT2D eigenvalue weighted by molar-refractivity contribution is 0.0599. The second kappa shape index (κ2) is 8.51. The van der Waals surface area contributed by atoms with Crippen LogP contribution in [0.4, 0.5) is 4.39 Å². The molecule has 0 radical (unpaired) electrons. The summed E-state index contributed by atoms with van der Waals surface area (Å²) < 4.78 is 23.7. The number of hydrogen-bond donors (Lipinski definition) is 1. The molecule has 7 heteroatoms. The molecular weight excluding hydrogens is 339 g/mol. The number of para-hydroxylation sites is 1. The van der Waals surface area contributed by atoms with Gasteiger partial charge >= 0.3 is 5.97 Å². The molecule has 0 bridgehead atoms. The van der Waals surface area contributed by atoms with Gasteiger partial charge in [-0.3, -0.25) is 4.79 Å². The number of aromatic nitrogens is 1. The molecule has 0 aliphatic carbocycles. The summed E-state index contributed by atoms with van der Waals surface area (Å²) in [7, 11) is 2.93. The van der Waals surface area contributed by atoms with Crippen LogP contribution >= 0.6 is 0 Å². The number of benzene rings is 1. The van der Waals surface area contributed by atoms with Crippen molar-refractivity contribution >= 4 is 11.9 Å². The number of halogens is 1. The largest absolute Gasteiger partial charge is 0.489 e. The number of hydrogen-bond acceptors (Lipinski definition) is 4. The molecule has 140 valence electrons. The van der Waals surface area contributed by atoms with Crippen LogP contribution in [0.1, 0.15) is 39.0 Å². The van der Waals surface area contributed by atoms with Crippen molar-refractivity contribution in [1.29, 1.82) is 0 Å². The first kappa shape index (κ1) is 19.5. The maximum atomic E-state index is 13.5. The number of carbonyl (C=O) groups excluding carboxylic acids is 2. The third kappa shape index (κ3) is 4.04. The Labute approximate surface area is 151 Å². The van der Waals surface area contributed by atoms with Crippen molar-refractivity contribution < 1.29 is 23.5 Å². The molecule has 6 nitrogen and oxygen atoms in total. The van der Waals surface area contributed by atoms with Gasteiger partial charge in [0.25, 0.3) is 5.91 Å². The maximum absolute atomic E-state index is 13.5. The lowest BCUT2D eigenvalue weighted by atomic mass is 10.1. The van der Waals surface area contributed by atoms with Gasteiger partial charge < -0.3 is 19.4 Å². The highest BCUT2D eigenvalue weighted by Gasteiger charge is 2.25. The summed E-state index contributed by atoms with van der Waals surface area (Å²) in [6.07, 6.45) is 0.568. The van der Waals surface area contributed by atoms with Gasteiger partial charge in [-0.1, -0.05) is 19.1 Å². The van der Waals surface area contributed by atoms with E-state index in [-0.39, 0.29) is 24.8 Å². The van der Waals surface area contributed by atoms with Crippen LogP contribution in [0.3, 0.4) is 0 Å². The van der Waals surface area contributed by atoms with Gasteiger partial charge in [-0.2, -0.15) is 0 Å².